The van der Waals surface area contributed by atoms with Gasteiger partial charge in [-0.3, -0.25) is 9.59 Å². The van der Waals surface area contributed by atoms with Gasteiger partial charge in [-0.05, 0) is 30.7 Å². The summed E-state index contributed by atoms with van der Waals surface area (Å²) < 4.78 is 4.60. The quantitative estimate of drug-likeness (QED) is 0.597. The van der Waals surface area contributed by atoms with E-state index in [1.807, 2.05) is 0 Å². The minimum absolute atomic E-state index is 0.209. The van der Waals surface area contributed by atoms with Gasteiger partial charge in [0.05, 0.1) is 7.11 Å². The lowest BCUT2D eigenvalue weighted by atomic mass is 10.1. The fourth-order valence-corrected chi connectivity index (χ4v) is 2.04. The highest BCUT2D eigenvalue weighted by Crippen LogP contribution is 2.26. The molecule has 2 rings (SSSR count). The summed E-state index contributed by atoms with van der Waals surface area (Å²) in [6.45, 7) is 0.528. The monoisotopic (exact) mass is 253 g/mol. The van der Waals surface area contributed by atoms with Crippen LogP contribution in [0.1, 0.15) is 6.42 Å². The first kappa shape index (κ1) is 11.9. The van der Waals surface area contributed by atoms with Crippen molar-refractivity contribution in [2.24, 2.45) is 5.92 Å². The smallest absolute Gasteiger partial charge is 0.318 e. The highest BCUT2D eigenvalue weighted by molar-refractivity contribution is 6.30. The number of hydrogen-bond acceptors (Lipinski definition) is 3. The van der Waals surface area contributed by atoms with Crippen molar-refractivity contribution in [2.45, 2.75) is 6.42 Å². The van der Waals surface area contributed by atoms with Crippen molar-refractivity contribution >= 4 is 29.2 Å². The Balaban J connectivity index is 2.17. The number of esters is 1. The van der Waals surface area contributed by atoms with E-state index in [4.69, 9.17) is 11.6 Å². The predicted molar refractivity (Wildman–Crippen MR) is 63.9 cm³/mol. The number of carbonyl (C=O) groups is 2. The fraction of sp³-hybridized carbons (Fsp3) is 0.333. The van der Waals surface area contributed by atoms with E-state index in [1.54, 1.807) is 29.2 Å². The second-order valence-electron chi connectivity index (χ2n) is 3.83. The third kappa shape index (κ3) is 2.26. The van der Waals surface area contributed by atoms with Crippen LogP contribution in [0.2, 0.25) is 5.02 Å². The van der Waals surface area contributed by atoms with E-state index in [-0.39, 0.29) is 5.91 Å². The van der Waals surface area contributed by atoms with E-state index >= 15 is 0 Å². The van der Waals surface area contributed by atoms with Gasteiger partial charge < -0.3 is 9.64 Å². The molecule has 1 amide bonds. The molecule has 1 unspecified atom stereocenters. The Morgan fingerprint density at radius 2 is 2.06 bits per heavy atom. The molecular weight excluding hydrogens is 242 g/mol. The van der Waals surface area contributed by atoms with Gasteiger partial charge in [0.25, 0.3) is 0 Å². The molecule has 0 saturated carbocycles. The number of methoxy groups -OCH3 is 1. The van der Waals surface area contributed by atoms with Crippen molar-refractivity contribution in [1.82, 2.24) is 0 Å². The summed E-state index contributed by atoms with van der Waals surface area (Å²) in [5, 5.41) is 0.616. The number of carbonyl (C=O) groups excluding carboxylic acids is 2. The predicted octanol–water partition coefficient (Wildman–Crippen LogP) is 1.87. The fourth-order valence-electron chi connectivity index (χ4n) is 1.92. The molecule has 1 aromatic carbocycles. The summed E-state index contributed by atoms with van der Waals surface area (Å²) in [6, 6.07) is 6.96. The summed E-state index contributed by atoms with van der Waals surface area (Å²) in [5.41, 5.74) is 0.755. The van der Waals surface area contributed by atoms with Gasteiger partial charge >= 0.3 is 5.97 Å². The maximum atomic E-state index is 12.0. The number of anilines is 1. The van der Waals surface area contributed by atoms with E-state index in [2.05, 4.69) is 4.74 Å². The van der Waals surface area contributed by atoms with Crippen molar-refractivity contribution in [2.75, 3.05) is 18.6 Å². The SMILES string of the molecule is COC(=O)C1CCN(c2ccc(Cl)cc2)C1=O. The normalized spacial score (nSPS) is 19.5. The van der Waals surface area contributed by atoms with E-state index in [9.17, 15) is 9.59 Å². The molecule has 5 heteroatoms. The number of nitrogens with zero attached hydrogens (tertiary/aromatic N) is 1. The van der Waals surface area contributed by atoms with Crippen LogP contribution in [0.15, 0.2) is 24.3 Å². The number of amides is 1. The minimum Gasteiger partial charge on any atom is -0.468 e. The topological polar surface area (TPSA) is 46.6 Å². The van der Waals surface area contributed by atoms with Crippen molar-refractivity contribution in [3.8, 4) is 0 Å². The van der Waals surface area contributed by atoms with Gasteiger partial charge in [-0.2, -0.15) is 0 Å². The van der Waals surface area contributed by atoms with Crippen LogP contribution in [0.3, 0.4) is 0 Å². The summed E-state index contributed by atoms with van der Waals surface area (Å²) in [7, 11) is 1.29. The minimum atomic E-state index is -0.671. The second-order valence-corrected chi connectivity index (χ2v) is 4.27. The lowest BCUT2D eigenvalue weighted by molar-refractivity contribution is -0.148. The molecule has 17 heavy (non-hydrogen) atoms. The average molecular weight is 254 g/mol. The molecule has 1 atom stereocenters. The van der Waals surface area contributed by atoms with Crippen LogP contribution < -0.4 is 4.90 Å². The van der Waals surface area contributed by atoms with Gasteiger partial charge in [-0.15, -0.1) is 0 Å². The first-order chi connectivity index (χ1) is 8.13. The zero-order valence-corrected chi connectivity index (χ0v) is 10.1. The lowest BCUT2D eigenvalue weighted by Gasteiger charge is -2.16. The molecule has 0 aromatic heterocycles. The highest BCUT2D eigenvalue weighted by atomic mass is 35.5. The van der Waals surface area contributed by atoms with Crippen LogP contribution in [0, 0.1) is 5.92 Å². The van der Waals surface area contributed by atoms with Crippen molar-refractivity contribution < 1.29 is 14.3 Å². The Morgan fingerprint density at radius 3 is 2.65 bits per heavy atom. The third-order valence-corrected chi connectivity index (χ3v) is 3.08. The van der Waals surface area contributed by atoms with Gasteiger partial charge in [0.1, 0.15) is 5.92 Å². The van der Waals surface area contributed by atoms with Crippen molar-refractivity contribution in [3.05, 3.63) is 29.3 Å². The van der Waals surface area contributed by atoms with Gasteiger partial charge in [0, 0.05) is 17.3 Å². The van der Waals surface area contributed by atoms with Crippen LogP contribution >= 0.6 is 11.6 Å². The number of benzene rings is 1. The van der Waals surface area contributed by atoms with Gasteiger partial charge in [0.2, 0.25) is 5.91 Å². The third-order valence-electron chi connectivity index (χ3n) is 2.83. The summed E-state index contributed by atoms with van der Waals surface area (Å²) in [6.07, 6.45) is 0.494. The molecule has 0 radical (unpaired) electrons. The first-order valence-electron chi connectivity index (χ1n) is 5.28. The maximum absolute atomic E-state index is 12.0. The molecule has 0 spiro atoms. The zero-order valence-electron chi connectivity index (χ0n) is 9.35. The molecule has 0 bridgehead atoms. The van der Waals surface area contributed by atoms with Gasteiger partial charge in [0.15, 0.2) is 0 Å². The van der Waals surface area contributed by atoms with Gasteiger partial charge in [-0.1, -0.05) is 11.6 Å². The molecule has 1 saturated heterocycles. The largest absolute Gasteiger partial charge is 0.468 e. The van der Waals surface area contributed by atoms with E-state index in [0.29, 0.717) is 18.0 Å². The molecule has 90 valence electrons. The van der Waals surface area contributed by atoms with Crippen LogP contribution in [0.5, 0.6) is 0 Å². The van der Waals surface area contributed by atoms with Gasteiger partial charge in [-0.25, -0.2) is 0 Å². The highest BCUT2D eigenvalue weighted by Gasteiger charge is 2.38. The van der Waals surface area contributed by atoms with E-state index in [0.717, 1.165) is 5.69 Å². The Bertz CT molecular complexity index is 444. The number of halogens is 1. The first-order valence-corrected chi connectivity index (χ1v) is 5.66. The molecule has 4 nitrogen and oxygen atoms in total. The molecule has 0 N–H and O–H groups in total. The summed E-state index contributed by atoms with van der Waals surface area (Å²) in [5.74, 6) is -1.35. The lowest BCUT2D eigenvalue weighted by Crippen LogP contribution is -2.30. The van der Waals surface area contributed by atoms with Crippen LogP contribution in [-0.2, 0) is 14.3 Å². The number of hydrogen-bond donors (Lipinski definition) is 0. The van der Waals surface area contributed by atoms with Crippen molar-refractivity contribution in [3.63, 3.8) is 0 Å². The molecular formula is C12H12ClNO3. The Labute approximate surface area is 104 Å². The zero-order chi connectivity index (χ0) is 12.4. The maximum Gasteiger partial charge on any atom is 0.318 e. The van der Waals surface area contributed by atoms with E-state index in [1.165, 1.54) is 7.11 Å². The molecule has 0 aliphatic carbocycles. The molecule has 1 aliphatic heterocycles. The number of rotatable bonds is 2. The van der Waals surface area contributed by atoms with Crippen molar-refractivity contribution in [1.29, 1.82) is 0 Å². The Morgan fingerprint density at radius 1 is 1.41 bits per heavy atom. The van der Waals surface area contributed by atoms with E-state index < -0.39 is 11.9 Å². The molecule has 1 aromatic rings. The molecule has 1 heterocycles. The average Bonchev–Trinajstić information content (AvgIpc) is 2.71. The summed E-state index contributed by atoms with van der Waals surface area (Å²) >= 11 is 5.78. The molecule has 1 fully saturated rings. The second kappa shape index (κ2) is 4.75. The number of ether oxygens (including phenoxy) is 1. The molecule has 1 aliphatic rings. The Kier molecular flexibility index (Phi) is 3.33. The van der Waals surface area contributed by atoms with Crippen LogP contribution in [-0.4, -0.2) is 25.5 Å². The van der Waals surface area contributed by atoms with Crippen LogP contribution in [0.4, 0.5) is 5.69 Å². The van der Waals surface area contributed by atoms with Crippen LogP contribution in [0.25, 0.3) is 0 Å². The summed E-state index contributed by atoms with van der Waals surface area (Å²) in [4.78, 5) is 24.9. The Hall–Kier alpha value is -1.55. The standard InChI is InChI=1S/C12H12ClNO3/c1-17-12(16)10-6-7-14(11(10)15)9-4-2-8(13)3-5-9/h2-5,10H,6-7H2,1H3.